The monoisotopic (exact) mass is 470 g/mol. The SMILES string of the molecule is Cc1ccc(NC(=O)/C=C/c2ccc(Br)s2)cc1S(=O)(=O)N1CCOCC1. The van der Waals surface area contributed by atoms with Crippen LogP contribution in [0.15, 0.2) is 45.1 Å². The summed E-state index contributed by atoms with van der Waals surface area (Å²) < 4.78 is 33.4. The van der Waals surface area contributed by atoms with Gasteiger partial charge in [0.05, 0.1) is 21.9 Å². The molecule has 2 heterocycles. The molecular formula is C18H19BrN2O4S2. The van der Waals surface area contributed by atoms with Crippen molar-refractivity contribution in [3.05, 3.63) is 50.6 Å². The van der Waals surface area contributed by atoms with Crippen molar-refractivity contribution in [1.29, 1.82) is 0 Å². The predicted molar refractivity (Wildman–Crippen MR) is 110 cm³/mol. The molecule has 1 fully saturated rings. The maximum Gasteiger partial charge on any atom is 0.248 e. The normalized spacial score (nSPS) is 15.9. The molecule has 0 bridgehead atoms. The number of aryl methyl sites for hydroxylation is 1. The number of thiophene rings is 1. The number of nitrogens with one attached hydrogen (secondary N) is 1. The third-order valence-corrected chi connectivity index (χ3v) is 7.67. The third kappa shape index (κ3) is 5.05. The van der Waals surface area contributed by atoms with Crippen LogP contribution in [0.4, 0.5) is 5.69 Å². The Morgan fingerprint density at radius 3 is 2.67 bits per heavy atom. The van der Waals surface area contributed by atoms with E-state index in [0.717, 1.165) is 8.66 Å². The molecule has 0 atom stereocenters. The summed E-state index contributed by atoms with van der Waals surface area (Å²) in [5, 5.41) is 2.72. The zero-order chi connectivity index (χ0) is 19.4. The van der Waals surface area contributed by atoms with Gasteiger partial charge in [0.25, 0.3) is 0 Å². The Morgan fingerprint density at radius 1 is 1.26 bits per heavy atom. The first-order valence-corrected chi connectivity index (χ1v) is 11.3. The minimum absolute atomic E-state index is 0.202. The average molecular weight is 471 g/mol. The predicted octanol–water partition coefficient (Wildman–Crippen LogP) is 3.49. The Labute approximate surface area is 171 Å². The minimum atomic E-state index is -3.62. The molecule has 0 unspecified atom stereocenters. The zero-order valence-corrected chi connectivity index (χ0v) is 17.9. The van der Waals surface area contributed by atoms with Gasteiger partial charge in [-0.2, -0.15) is 4.31 Å². The molecule has 27 heavy (non-hydrogen) atoms. The number of hydrogen-bond acceptors (Lipinski definition) is 5. The standard InChI is InChI=1S/C18H19BrN2O4S2/c1-13-2-3-14(20-18(22)7-5-15-4-6-17(19)26-15)12-16(13)27(23,24)21-8-10-25-11-9-21/h2-7,12H,8-11H2,1H3,(H,20,22)/b7-5+. The second-order valence-electron chi connectivity index (χ2n) is 5.96. The molecule has 1 aliphatic heterocycles. The summed E-state index contributed by atoms with van der Waals surface area (Å²) in [6.07, 6.45) is 3.14. The van der Waals surface area contributed by atoms with Crippen LogP contribution in [0.2, 0.25) is 0 Å². The molecule has 0 saturated carbocycles. The van der Waals surface area contributed by atoms with E-state index in [2.05, 4.69) is 21.2 Å². The molecule has 0 spiro atoms. The minimum Gasteiger partial charge on any atom is -0.379 e. The number of nitrogens with zero attached hydrogens (tertiary/aromatic N) is 1. The summed E-state index contributed by atoms with van der Waals surface area (Å²) in [5.74, 6) is -0.321. The van der Waals surface area contributed by atoms with Crippen molar-refractivity contribution in [2.24, 2.45) is 0 Å². The number of rotatable bonds is 5. The topological polar surface area (TPSA) is 75.7 Å². The summed E-state index contributed by atoms with van der Waals surface area (Å²) in [7, 11) is -3.62. The fraction of sp³-hybridized carbons (Fsp3) is 0.278. The lowest BCUT2D eigenvalue weighted by atomic mass is 10.2. The van der Waals surface area contributed by atoms with Crippen LogP contribution in [0.5, 0.6) is 0 Å². The van der Waals surface area contributed by atoms with Gasteiger partial charge in [-0.05, 0) is 58.8 Å². The number of amides is 1. The molecule has 1 aromatic carbocycles. The molecule has 0 radical (unpaired) electrons. The van der Waals surface area contributed by atoms with Gasteiger partial charge in [-0.15, -0.1) is 11.3 Å². The second-order valence-corrected chi connectivity index (χ2v) is 10.4. The Kier molecular flexibility index (Phi) is 6.48. The van der Waals surface area contributed by atoms with Crippen molar-refractivity contribution in [3.8, 4) is 0 Å². The van der Waals surface area contributed by atoms with Gasteiger partial charge in [0, 0.05) is 29.7 Å². The van der Waals surface area contributed by atoms with Crippen molar-refractivity contribution in [3.63, 3.8) is 0 Å². The summed E-state index contributed by atoms with van der Waals surface area (Å²) in [6, 6.07) is 8.71. The van der Waals surface area contributed by atoms with Gasteiger partial charge in [0.1, 0.15) is 0 Å². The van der Waals surface area contributed by atoms with Crippen molar-refractivity contribution in [2.75, 3.05) is 31.6 Å². The lowest BCUT2D eigenvalue weighted by molar-refractivity contribution is -0.111. The summed E-state index contributed by atoms with van der Waals surface area (Å²) in [4.78, 5) is 13.3. The lowest BCUT2D eigenvalue weighted by Gasteiger charge is -2.26. The highest BCUT2D eigenvalue weighted by molar-refractivity contribution is 9.11. The van der Waals surface area contributed by atoms with Gasteiger partial charge in [-0.25, -0.2) is 8.42 Å². The Bertz CT molecular complexity index is 963. The molecule has 2 aromatic rings. The maximum atomic E-state index is 12.9. The van der Waals surface area contributed by atoms with Crippen LogP contribution in [0.3, 0.4) is 0 Å². The average Bonchev–Trinajstić information content (AvgIpc) is 3.07. The largest absolute Gasteiger partial charge is 0.379 e. The van der Waals surface area contributed by atoms with Crippen molar-refractivity contribution in [2.45, 2.75) is 11.8 Å². The third-order valence-electron chi connectivity index (χ3n) is 4.04. The van der Waals surface area contributed by atoms with Gasteiger partial charge in [-0.3, -0.25) is 4.79 Å². The molecule has 1 N–H and O–H groups in total. The van der Waals surface area contributed by atoms with E-state index in [0.29, 0.717) is 37.6 Å². The highest BCUT2D eigenvalue weighted by atomic mass is 79.9. The molecule has 1 aliphatic rings. The van der Waals surface area contributed by atoms with Crippen LogP contribution in [0.1, 0.15) is 10.4 Å². The van der Waals surface area contributed by atoms with Crippen molar-refractivity contribution >= 4 is 55.0 Å². The van der Waals surface area contributed by atoms with Gasteiger partial charge in [0.15, 0.2) is 0 Å². The van der Waals surface area contributed by atoms with Crippen LogP contribution in [0, 0.1) is 6.92 Å². The van der Waals surface area contributed by atoms with Gasteiger partial charge >= 0.3 is 0 Å². The fourth-order valence-corrected chi connectivity index (χ4v) is 5.63. The maximum absolute atomic E-state index is 12.9. The van der Waals surface area contributed by atoms with E-state index in [-0.39, 0.29) is 10.8 Å². The molecule has 1 amide bonds. The molecule has 1 saturated heterocycles. The first-order chi connectivity index (χ1) is 12.9. The van der Waals surface area contributed by atoms with Crippen LogP contribution in [0.25, 0.3) is 6.08 Å². The van der Waals surface area contributed by atoms with Crippen LogP contribution < -0.4 is 5.32 Å². The van der Waals surface area contributed by atoms with Crippen LogP contribution in [-0.2, 0) is 19.6 Å². The number of halogens is 1. The first-order valence-electron chi connectivity index (χ1n) is 8.29. The van der Waals surface area contributed by atoms with E-state index < -0.39 is 10.0 Å². The number of hydrogen-bond donors (Lipinski definition) is 1. The molecule has 0 aliphatic carbocycles. The number of ether oxygens (including phenoxy) is 1. The summed E-state index contributed by atoms with van der Waals surface area (Å²) >= 11 is 4.89. The second kappa shape index (κ2) is 8.66. The van der Waals surface area contributed by atoms with Gasteiger partial charge < -0.3 is 10.1 Å². The zero-order valence-electron chi connectivity index (χ0n) is 14.6. The molecule has 9 heteroatoms. The fourth-order valence-electron chi connectivity index (χ4n) is 2.64. The molecular weight excluding hydrogens is 452 g/mol. The Morgan fingerprint density at radius 2 is 2.00 bits per heavy atom. The number of carbonyl (C=O) groups is 1. The molecule has 3 rings (SSSR count). The molecule has 1 aromatic heterocycles. The highest BCUT2D eigenvalue weighted by Gasteiger charge is 2.28. The number of sulfonamides is 1. The van der Waals surface area contributed by atoms with E-state index in [1.54, 1.807) is 25.1 Å². The van der Waals surface area contributed by atoms with Crippen LogP contribution in [-0.4, -0.2) is 44.9 Å². The number of anilines is 1. The Hall–Kier alpha value is -1.52. The number of benzene rings is 1. The first kappa shape index (κ1) is 20.2. The Balaban J connectivity index is 1.76. The lowest BCUT2D eigenvalue weighted by Crippen LogP contribution is -2.40. The number of morpholine rings is 1. The number of carbonyl (C=O) groups excluding carboxylic acids is 1. The van der Waals surface area contributed by atoms with Crippen LogP contribution >= 0.6 is 27.3 Å². The van der Waals surface area contributed by atoms with E-state index in [4.69, 9.17) is 4.74 Å². The van der Waals surface area contributed by atoms with E-state index >= 15 is 0 Å². The molecule has 6 nitrogen and oxygen atoms in total. The van der Waals surface area contributed by atoms with E-state index in [1.807, 2.05) is 12.1 Å². The molecule has 144 valence electrons. The van der Waals surface area contributed by atoms with E-state index in [9.17, 15) is 13.2 Å². The quantitative estimate of drug-likeness (QED) is 0.678. The van der Waals surface area contributed by atoms with Gasteiger partial charge in [-0.1, -0.05) is 6.07 Å². The smallest absolute Gasteiger partial charge is 0.248 e. The summed E-state index contributed by atoms with van der Waals surface area (Å²) in [6.45, 7) is 3.18. The van der Waals surface area contributed by atoms with E-state index in [1.165, 1.54) is 27.8 Å². The summed E-state index contributed by atoms with van der Waals surface area (Å²) in [5.41, 5.74) is 1.08. The van der Waals surface area contributed by atoms with Crippen molar-refractivity contribution < 1.29 is 17.9 Å². The van der Waals surface area contributed by atoms with Crippen molar-refractivity contribution in [1.82, 2.24) is 4.31 Å². The van der Waals surface area contributed by atoms with Gasteiger partial charge in [0.2, 0.25) is 15.9 Å². The highest BCUT2D eigenvalue weighted by Crippen LogP contribution is 2.25.